The zero-order chi connectivity index (χ0) is 12.1. The number of hydrogen-bond acceptors (Lipinski definition) is 2. The maximum atomic E-state index is 12.6. The van der Waals surface area contributed by atoms with Gasteiger partial charge in [-0.15, -0.1) is 0 Å². The van der Waals surface area contributed by atoms with Gasteiger partial charge in [-0.3, -0.25) is 4.79 Å². The van der Waals surface area contributed by atoms with Crippen LogP contribution in [0.1, 0.15) is 25.7 Å². The number of benzene rings is 1. The molecule has 92 valence electrons. The molecule has 1 aliphatic rings. The predicted octanol–water partition coefficient (Wildman–Crippen LogP) is 2.72. The Morgan fingerprint density at radius 2 is 2.18 bits per heavy atom. The minimum absolute atomic E-state index is 0.0490. The largest absolute Gasteiger partial charge is 0.378 e. The summed E-state index contributed by atoms with van der Waals surface area (Å²) in [4.78, 5) is 11.6. The molecule has 17 heavy (non-hydrogen) atoms. The summed E-state index contributed by atoms with van der Waals surface area (Å²) in [5.74, 6) is -0.352. The molecule has 4 heteroatoms. The lowest BCUT2D eigenvalue weighted by Crippen LogP contribution is -2.15. The van der Waals surface area contributed by atoms with Crippen LogP contribution in [0, 0.1) is 5.82 Å². The molecular formula is C13H16FNO2. The Morgan fingerprint density at radius 1 is 1.41 bits per heavy atom. The fraction of sp³-hybridized carbons (Fsp3) is 0.462. The van der Waals surface area contributed by atoms with Gasteiger partial charge < -0.3 is 10.1 Å². The summed E-state index contributed by atoms with van der Waals surface area (Å²) >= 11 is 0. The highest BCUT2D eigenvalue weighted by Crippen LogP contribution is 2.17. The number of carbonyl (C=O) groups is 1. The van der Waals surface area contributed by atoms with Crippen LogP contribution in [0.25, 0.3) is 0 Å². The van der Waals surface area contributed by atoms with Crippen molar-refractivity contribution in [2.75, 3.05) is 11.9 Å². The van der Waals surface area contributed by atoms with Gasteiger partial charge in [0.25, 0.3) is 0 Å². The van der Waals surface area contributed by atoms with E-state index < -0.39 is 0 Å². The Kier molecular flexibility index (Phi) is 4.09. The number of rotatable bonds is 4. The van der Waals surface area contributed by atoms with E-state index in [0.717, 1.165) is 25.9 Å². The van der Waals surface area contributed by atoms with Crippen LogP contribution in [0.2, 0.25) is 0 Å². The van der Waals surface area contributed by atoms with Gasteiger partial charge in [-0.05, 0) is 43.5 Å². The van der Waals surface area contributed by atoms with Gasteiger partial charge in [0.15, 0.2) is 0 Å². The van der Waals surface area contributed by atoms with Crippen molar-refractivity contribution in [3.8, 4) is 0 Å². The van der Waals surface area contributed by atoms with Crippen LogP contribution in [-0.4, -0.2) is 18.6 Å². The third kappa shape index (κ3) is 3.82. The third-order valence-electron chi connectivity index (χ3n) is 2.85. The molecule has 0 bridgehead atoms. The molecule has 1 amide bonds. The number of nitrogens with one attached hydrogen (secondary N) is 1. The van der Waals surface area contributed by atoms with Crippen molar-refractivity contribution in [1.29, 1.82) is 0 Å². The fourth-order valence-electron chi connectivity index (χ4n) is 1.92. The van der Waals surface area contributed by atoms with E-state index in [9.17, 15) is 9.18 Å². The van der Waals surface area contributed by atoms with Crippen molar-refractivity contribution in [1.82, 2.24) is 0 Å². The summed E-state index contributed by atoms with van der Waals surface area (Å²) < 4.78 is 18.1. The van der Waals surface area contributed by atoms with Crippen molar-refractivity contribution in [2.24, 2.45) is 0 Å². The van der Waals surface area contributed by atoms with Gasteiger partial charge in [0.05, 0.1) is 6.10 Å². The fourth-order valence-corrected chi connectivity index (χ4v) is 1.92. The normalized spacial score (nSPS) is 19.2. The minimum Gasteiger partial charge on any atom is -0.378 e. The lowest BCUT2D eigenvalue weighted by molar-refractivity contribution is -0.116. The second-order valence-corrected chi connectivity index (χ2v) is 4.23. The average Bonchev–Trinajstić information content (AvgIpc) is 2.83. The molecule has 1 heterocycles. The van der Waals surface area contributed by atoms with Crippen molar-refractivity contribution >= 4 is 11.6 Å². The van der Waals surface area contributed by atoms with Crippen molar-refractivity contribution in [3.63, 3.8) is 0 Å². The Hall–Kier alpha value is -1.42. The molecule has 0 saturated carbocycles. The quantitative estimate of drug-likeness (QED) is 0.874. The Bertz CT molecular complexity index is 372. The Balaban J connectivity index is 1.74. The van der Waals surface area contributed by atoms with Gasteiger partial charge >= 0.3 is 0 Å². The van der Waals surface area contributed by atoms with Gasteiger partial charge in [-0.1, -0.05) is 0 Å². The van der Waals surface area contributed by atoms with Crippen LogP contribution < -0.4 is 5.32 Å². The van der Waals surface area contributed by atoms with Gasteiger partial charge in [0, 0.05) is 18.7 Å². The van der Waals surface area contributed by atoms with E-state index in [1.165, 1.54) is 12.1 Å². The van der Waals surface area contributed by atoms with E-state index in [-0.39, 0.29) is 17.8 Å². The second kappa shape index (κ2) is 5.77. The van der Waals surface area contributed by atoms with E-state index >= 15 is 0 Å². The number of ether oxygens (including phenoxy) is 1. The molecule has 3 nitrogen and oxygen atoms in total. The lowest BCUT2D eigenvalue weighted by Gasteiger charge is -2.09. The van der Waals surface area contributed by atoms with Crippen LogP contribution in [0.4, 0.5) is 10.1 Å². The summed E-state index contributed by atoms with van der Waals surface area (Å²) in [6.07, 6.45) is 3.57. The van der Waals surface area contributed by atoms with Gasteiger partial charge in [-0.2, -0.15) is 0 Å². The topological polar surface area (TPSA) is 38.3 Å². The lowest BCUT2D eigenvalue weighted by atomic mass is 10.1. The summed E-state index contributed by atoms with van der Waals surface area (Å²) in [5.41, 5.74) is 0.628. The molecule has 1 saturated heterocycles. The molecule has 0 radical (unpaired) electrons. The Morgan fingerprint density at radius 3 is 2.82 bits per heavy atom. The van der Waals surface area contributed by atoms with E-state index in [4.69, 9.17) is 4.74 Å². The predicted molar refractivity (Wildman–Crippen MR) is 63.2 cm³/mol. The summed E-state index contributed by atoms with van der Waals surface area (Å²) in [7, 11) is 0. The van der Waals surface area contributed by atoms with E-state index in [2.05, 4.69) is 5.32 Å². The maximum Gasteiger partial charge on any atom is 0.224 e. The molecule has 1 aromatic rings. The standard InChI is InChI=1S/C13H16FNO2/c14-10-3-5-11(6-4-10)15-13(16)8-7-12-2-1-9-17-12/h3-6,12H,1-2,7-9H2,(H,15,16)/t12-/m0/s1. The first-order chi connectivity index (χ1) is 8.24. The molecule has 1 aliphatic heterocycles. The van der Waals surface area contributed by atoms with E-state index in [1.807, 2.05) is 0 Å². The van der Waals surface area contributed by atoms with E-state index in [1.54, 1.807) is 12.1 Å². The first-order valence-corrected chi connectivity index (χ1v) is 5.91. The monoisotopic (exact) mass is 237 g/mol. The summed E-state index contributed by atoms with van der Waals surface area (Å²) in [6.45, 7) is 0.810. The maximum absolute atomic E-state index is 12.6. The second-order valence-electron chi connectivity index (χ2n) is 4.23. The van der Waals surface area contributed by atoms with Crippen LogP contribution in [0.3, 0.4) is 0 Å². The molecule has 0 spiro atoms. The first kappa shape index (κ1) is 12.0. The zero-order valence-electron chi connectivity index (χ0n) is 9.62. The zero-order valence-corrected chi connectivity index (χ0v) is 9.62. The average molecular weight is 237 g/mol. The van der Waals surface area contributed by atoms with Crippen LogP contribution in [-0.2, 0) is 9.53 Å². The first-order valence-electron chi connectivity index (χ1n) is 5.91. The molecule has 1 fully saturated rings. The molecule has 0 aliphatic carbocycles. The molecule has 1 atom stereocenters. The van der Waals surface area contributed by atoms with Crippen molar-refractivity contribution < 1.29 is 13.9 Å². The third-order valence-corrected chi connectivity index (χ3v) is 2.85. The van der Waals surface area contributed by atoms with Gasteiger partial charge in [0.1, 0.15) is 5.82 Å². The highest BCUT2D eigenvalue weighted by atomic mass is 19.1. The number of halogens is 1. The molecule has 1 aromatic carbocycles. The number of amides is 1. The molecule has 1 N–H and O–H groups in total. The van der Waals surface area contributed by atoms with Gasteiger partial charge in [-0.25, -0.2) is 4.39 Å². The molecule has 0 unspecified atom stereocenters. The number of carbonyl (C=O) groups excluding carboxylic acids is 1. The van der Waals surface area contributed by atoms with Crippen LogP contribution >= 0.6 is 0 Å². The molecular weight excluding hydrogens is 221 g/mol. The minimum atomic E-state index is -0.303. The molecule has 0 aromatic heterocycles. The van der Waals surface area contributed by atoms with Gasteiger partial charge in [0.2, 0.25) is 5.91 Å². The highest BCUT2D eigenvalue weighted by Gasteiger charge is 2.16. The van der Waals surface area contributed by atoms with Crippen molar-refractivity contribution in [2.45, 2.75) is 31.8 Å². The number of anilines is 1. The summed E-state index contributed by atoms with van der Waals surface area (Å²) in [5, 5.41) is 2.73. The highest BCUT2D eigenvalue weighted by molar-refractivity contribution is 5.90. The Labute approximate surface area is 100.0 Å². The number of hydrogen-bond donors (Lipinski definition) is 1. The van der Waals surface area contributed by atoms with Crippen molar-refractivity contribution in [3.05, 3.63) is 30.1 Å². The smallest absolute Gasteiger partial charge is 0.224 e. The summed E-state index contributed by atoms with van der Waals surface area (Å²) in [6, 6.07) is 5.77. The molecule has 2 rings (SSSR count). The van der Waals surface area contributed by atoms with Crippen LogP contribution in [0.15, 0.2) is 24.3 Å². The van der Waals surface area contributed by atoms with Crippen LogP contribution in [0.5, 0.6) is 0 Å². The van der Waals surface area contributed by atoms with E-state index in [0.29, 0.717) is 12.1 Å². The SMILES string of the molecule is O=C(CC[C@@H]1CCCO1)Nc1ccc(F)cc1.